The normalized spacial score (nSPS) is 11.1. The molecule has 0 aliphatic heterocycles. The van der Waals surface area contributed by atoms with E-state index in [2.05, 4.69) is 5.32 Å². The van der Waals surface area contributed by atoms with E-state index in [4.69, 9.17) is 44.9 Å². The van der Waals surface area contributed by atoms with E-state index in [0.29, 0.717) is 51.4 Å². The van der Waals surface area contributed by atoms with Crippen LogP contribution >= 0.6 is 34.8 Å². The number of fused-ring (bicyclic) bond motifs is 1. The van der Waals surface area contributed by atoms with Crippen LogP contribution in [0, 0.1) is 0 Å². The summed E-state index contributed by atoms with van der Waals surface area (Å²) in [6, 6.07) is 16.4. The Balaban J connectivity index is 1.89. The van der Waals surface area contributed by atoms with Gasteiger partial charge in [-0.1, -0.05) is 59.1 Å². The highest BCUT2D eigenvalue weighted by Crippen LogP contribution is 2.35. The van der Waals surface area contributed by atoms with Crippen molar-refractivity contribution in [3.63, 3.8) is 0 Å². The maximum Gasteiger partial charge on any atom is 0.255 e. The van der Waals surface area contributed by atoms with Crippen LogP contribution in [-0.4, -0.2) is 33.6 Å². The zero-order chi connectivity index (χ0) is 22.7. The quantitative estimate of drug-likeness (QED) is 0.307. The molecule has 32 heavy (non-hydrogen) atoms. The Morgan fingerprint density at radius 1 is 0.906 bits per heavy atom. The molecule has 0 unspecified atom stereocenters. The van der Waals surface area contributed by atoms with E-state index < -0.39 is 0 Å². The first-order valence-corrected chi connectivity index (χ1v) is 11.2. The molecule has 8 heteroatoms. The largest absolute Gasteiger partial charge is 0.396 e. The summed E-state index contributed by atoms with van der Waals surface area (Å²) in [5.41, 5.74) is 4.08. The number of aliphatic hydroxyl groups is 1. The van der Waals surface area contributed by atoms with E-state index in [0.717, 1.165) is 16.8 Å². The lowest BCUT2D eigenvalue weighted by atomic mass is 10.0. The molecule has 2 heterocycles. The number of hydrogen-bond donors (Lipinski definition) is 2. The van der Waals surface area contributed by atoms with Crippen molar-refractivity contribution in [3.8, 4) is 22.5 Å². The standard InChI is InChI=1S/C24H20Cl3N3O2/c25-17-7-3-15(4-8-17)21-22(16-5-9-18(26)10-6-16)30-14-19(27)13-20(23(30)29-21)24(32)28-11-1-2-12-31/h3-10,13-14,31H,1-2,11-12H2,(H,28,32). The number of pyridine rings is 1. The van der Waals surface area contributed by atoms with Crippen LogP contribution in [-0.2, 0) is 0 Å². The molecular formula is C24H20Cl3N3O2. The van der Waals surface area contributed by atoms with Crippen molar-refractivity contribution in [2.45, 2.75) is 12.8 Å². The number of unbranched alkanes of at least 4 members (excludes halogenated alkanes) is 1. The number of nitrogens with one attached hydrogen (secondary N) is 1. The van der Waals surface area contributed by atoms with Crippen LogP contribution in [0.4, 0.5) is 0 Å². The molecular weight excluding hydrogens is 469 g/mol. The third kappa shape index (κ3) is 4.76. The molecule has 0 saturated carbocycles. The maximum absolute atomic E-state index is 12.9. The van der Waals surface area contributed by atoms with E-state index in [1.807, 2.05) is 28.7 Å². The molecule has 2 aromatic heterocycles. The number of carbonyl (C=O) groups excluding carboxylic acids is 1. The van der Waals surface area contributed by atoms with E-state index >= 15 is 0 Å². The molecule has 1 amide bonds. The lowest BCUT2D eigenvalue weighted by Gasteiger charge is -2.09. The second-order valence-corrected chi connectivity index (χ2v) is 8.58. The van der Waals surface area contributed by atoms with Crippen LogP contribution in [0.3, 0.4) is 0 Å². The molecule has 0 aliphatic rings. The molecule has 4 rings (SSSR count). The summed E-state index contributed by atoms with van der Waals surface area (Å²) in [5.74, 6) is -0.272. The number of hydrogen-bond acceptors (Lipinski definition) is 3. The zero-order valence-corrected chi connectivity index (χ0v) is 19.3. The second-order valence-electron chi connectivity index (χ2n) is 7.28. The molecule has 0 spiro atoms. The van der Waals surface area contributed by atoms with Gasteiger partial charge in [0, 0.05) is 40.5 Å². The number of benzene rings is 2. The van der Waals surface area contributed by atoms with Crippen LogP contribution in [0.15, 0.2) is 60.8 Å². The first-order chi connectivity index (χ1) is 15.5. The smallest absolute Gasteiger partial charge is 0.255 e. The lowest BCUT2D eigenvalue weighted by Crippen LogP contribution is -2.25. The fourth-order valence-corrected chi connectivity index (χ4v) is 3.96. The van der Waals surface area contributed by atoms with Crippen molar-refractivity contribution in [3.05, 3.63) is 81.4 Å². The molecule has 164 valence electrons. The molecule has 2 N–H and O–H groups in total. The Bertz CT molecular complexity index is 1250. The van der Waals surface area contributed by atoms with Crippen LogP contribution in [0.25, 0.3) is 28.2 Å². The number of halogens is 3. The van der Waals surface area contributed by atoms with Gasteiger partial charge in [-0.3, -0.25) is 9.20 Å². The molecule has 0 aliphatic carbocycles. The molecule has 2 aromatic carbocycles. The minimum Gasteiger partial charge on any atom is -0.396 e. The number of nitrogens with zero attached hydrogens (tertiary/aromatic N) is 2. The highest BCUT2D eigenvalue weighted by Gasteiger charge is 2.21. The van der Waals surface area contributed by atoms with Crippen molar-refractivity contribution < 1.29 is 9.90 Å². The Morgan fingerprint density at radius 2 is 1.53 bits per heavy atom. The first kappa shape index (κ1) is 22.6. The van der Waals surface area contributed by atoms with Gasteiger partial charge in [0.25, 0.3) is 5.91 Å². The van der Waals surface area contributed by atoms with Gasteiger partial charge in [0.1, 0.15) is 0 Å². The molecule has 0 saturated heterocycles. The van der Waals surface area contributed by atoms with Crippen LogP contribution < -0.4 is 5.32 Å². The van der Waals surface area contributed by atoms with Crippen LogP contribution in [0.2, 0.25) is 15.1 Å². The average molecular weight is 489 g/mol. The Labute approximate surface area is 200 Å². The number of aliphatic hydroxyl groups excluding tert-OH is 1. The zero-order valence-electron chi connectivity index (χ0n) is 17.0. The predicted octanol–water partition coefficient (Wildman–Crippen LogP) is 6.13. The second kappa shape index (κ2) is 9.92. The van der Waals surface area contributed by atoms with Gasteiger partial charge in [-0.05, 0) is 43.2 Å². The number of carbonyl (C=O) groups is 1. The molecule has 0 radical (unpaired) electrons. The van der Waals surface area contributed by atoms with E-state index in [1.165, 1.54) is 0 Å². The van der Waals surface area contributed by atoms with Gasteiger partial charge < -0.3 is 10.4 Å². The Kier molecular flexibility index (Phi) is 7.01. The molecule has 5 nitrogen and oxygen atoms in total. The van der Waals surface area contributed by atoms with Crippen LogP contribution in [0.1, 0.15) is 23.2 Å². The molecule has 0 bridgehead atoms. The Morgan fingerprint density at radius 3 is 2.16 bits per heavy atom. The van der Waals surface area contributed by atoms with E-state index in [-0.39, 0.29) is 12.5 Å². The third-order valence-electron chi connectivity index (χ3n) is 5.04. The summed E-state index contributed by atoms with van der Waals surface area (Å²) in [4.78, 5) is 17.8. The van der Waals surface area contributed by atoms with Crippen LogP contribution in [0.5, 0.6) is 0 Å². The number of imidazole rings is 1. The maximum atomic E-state index is 12.9. The minimum atomic E-state index is -0.272. The monoisotopic (exact) mass is 487 g/mol. The van der Waals surface area contributed by atoms with Gasteiger partial charge in [-0.15, -0.1) is 0 Å². The topological polar surface area (TPSA) is 66.6 Å². The van der Waals surface area contributed by atoms with Gasteiger partial charge >= 0.3 is 0 Å². The first-order valence-electron chi connectivity index (χ1n) is 10.1. The summed E-state index contributed by atoms with van der Waals surface area (Å²) in [7, 11) is 0. The van der Waals surface area contributed by atoms with Gasteiger partial charge in [0.2, 0.25) is 0 Å². The van der Waals surface area contributed by atoms with E-state index in [1.54, 1.807) is 36.5 Å². The van der Waals surface area contributed by atoms with E-state index in [9.17, 15) is 4.79 Å². The van der Waals surface area contributed by atoms with Gasteiger partial charge in [0.05, 0.1) is 22.0 Å². The number of rotatable bonds is 7. The van der Waals surface area contributed by atoms with Gasteiger partial charge in [0.15, 0.2) is 5.65 Å². The third-order valence-corrected chi connectivity index (χ3v) is 5.75. The van der Waals surface area contributed by atoms with Crippen molar-refractivity contribution in [1.29, 1.82) is 0 Å². The van der Waals surface area contributed by atoms with Gasteiger partial charge in [-0.25, -0.2) is 4.98 Å². The molecule has 0 atom stereocenters. The summed E-state index contributed by atoms with van der Waals surface area (Å²) in [5, 5.41) is 13.5. The highest BCUT2D eigenvalue weighted by atomic mass is 35.5. The fourth-order valence-electron chi connectivity index (χ4n) is 3.51. The molecule has 4 aromatic rings. The molecule has 0 fully saturated rings. The number of aromatic nitrogens is 2. The predicted molar refractivity (Wildman–Crippen MR) is 130 cm³/mol. The minimum absolute atomic E-state index is 0.0897. The summed E-state index contributed by atoms with van der Waals surface area (Å²) in [6.07, 6.45) is 3.05. The van der Waals surface area contributed by atoms with Crippen molar-refractivity contribution in [2.75, 3.05) is 13.2 Å². The van der Waals surface area contributed by atoms with Gasteiger partial charge in [-0.2, -0.15) is 0 Å². The SMILES string of the molecule is O=C(NCCCCO)c1cc(Cl)cn2c(-c3ccc(Cl)cc3)c(-c3ccc(Cl)cc3)nc12. The lowest BCUT2D eigenvalue weighted by molar-refractivity contribution is 0.0953. The van der Waals surface area contributed by atoms with Crippen molar-refractivity contribution in [1.82, 2.24) is 14.7 Å². The summed E-state index contributed by atoms with van der Waals surface area (Å²) >= 11 is 18.6. The summed E-state index contributed by atoms with van der Waals surface area (Å²) < 4.78 is 1.83. The highest BCUT2D eigenvalue weighted by molar-refractivity contribution is 6.31. The Hall–Kier alpha value is -2.57. The average Bonchev–Trinajstić information content (AvgIpc) is 3.16. The number of amides is 1. The van der Waals surface area contributed by atoms with Crippen molar-refractivity contribution >= 4 is 46.4 Å². The summed E-state index contributed by atoms with van der Waals surface area (Å²) in [6.45, 7) is 0.541. The fraction of sp³-hybridized carbons (Fsp3) is 0.167. The van der Waals surface area contributed by atoms with Crippen molar-refractivity contribution in [2.24, 2.45) is 0 Å².